The van der Waals surface area contributed by atoms with Gasteiger partial charge in [-0.3, -0.25) is 10.3 Å². The summed E-state index contributed by atoms with van der Waals surface area (Å²) in [5.41, 5.74) is 3.00. The van der Waals surface area contributed by atoms with Crippen molar-refractivity contribution in [2.24, 2.45) is 5.92 Å². The van der Waals surface area contributed by atoms with Crippen molar-refractivity contribution in [3.63, 3.8) is 0 Å². The minimum absolute atomic E-state index is 0.0144. The van der Waals surface area contributed by atoms with Crippen molar-refractivity contribution >= 4 is 11.8 Å². The average Bonchev–Trinajstić information content (AvgIpc) is 2.95. The maximum Gasteiger partial charge on any atom is 0.108 e. The molecule has 2 fully saturated rings. The quantitative estimate of drug-likeness (QED) is 0.729. The van der Waals surface area contributed by atoms with Gasteiger partial charge in [-0.2, -0.15) is 5.26 Å². The third-order valence-corrected chi connectivity index (χ3v) is 5.64. The van der Waals surface area contributed by atoms with Crippen molar-refractivity contribution in [1.82, 2.24) is 15.5 Å². The van der Waals surface area contributed by atoms with Gasteiger partial charge in [0.25, 0.3) is 0 Å². The summed E-state index contributed by atoms with van der Waals surface area (Å²) in [4.78, 5) is 2.15. The molecule has 5 nitrogen and oxygen atoms in total. The van der Waals surface area contributed by atoms with Gasteiger partial charge in [0.15, 0.2) is 0 Å². The van der Waals surface area contributed by atoms with Crippen LogP contribution in [0, 0.1) is 22.5 Å². The fourth-order valence-corrected chi connectivity index (χ4v) is 4.55. The summed E-state index contributed by atoms with van der Waals surface area (Å²) >= 11 is 1.79. The Morgan fingerprint density at radius 1 is 1.48 bits per heavy atom. The van der Waals surface area contributed by atoms with E-state index >= 15 is 0 Å². The third kappa shape index (κ3) is 5.11. The monoisotopic (exact) mass is 311 g/mol. The molecule has 2 rings (SSSR count). The fraction of sp³-hybridized carbons (Fsp3) is 0.933. The van der Waals surface area contributed by atoms with Crippen molar-refractivity contribution < 1.29 is 0 Å². The van der Waals surface area contributed by atoms with E-state index in [2.05, 4.69) is 23.3 Å². The van der Waals surface area contributed by atoms with Crippen LogP contribution < -0.4 is 5.43 Å². The van der Waals surface area contributed by atoms with Crippen LogP contribution in [0.1, 0.15) is 45.4 Å². The van der Waals surface area contributed by atoms with E-state index < -0.39 is 0 Å². The van der Waals surface area contributed by atoms with Gasteiger partial charge in [-0.05, 0) is 18.8 Å². The first-order chi connectivity index (χ1) is 10.2. The molecule has 1 aliphatic carbocycles. The van der Waals surface area contributed by atoms with Gasteiger partial charge in [-0.25, -0.2) is 0 Å². The smallest absolute Gasteiger partial charge is 0.108 e. The Morgan fingerprint density at radius 2 is 2.33 bits per heavy atom. The second-order valence-corrected chi connectivity index (χ2v) is 7.17. The van der Waals surface area contributed by atoms with Crippen molar-refractivity contribution in [3.8, 4) is 6.07 Å². The van der Waals surface area contributed by atoms with Crippen LogP contribution in [0.4, 0.5) is 0 Å². The number of hydrogen-bond acceptors (Lipinski definition) is 6. The molecule has 0 aromatic heterocycles. The maximum absolute atomic E-state index is 12.2. The average molecular weight is 311 g/mol. The molecular weight excluding hydrogens is 284 g/mol. The van der Waals surface area contributed by atoms with Crippen LogP contribution in [-0.2, 0) is 0 Å². The van der Waals surface area contributed by atoms with Crippen molar-refractivity contribution in [2.75, 3.05) is 24.7 Å². The van der Waals surface area contributed by atoms with E-state index in [1.165, 1.54) is 25.7 Å². The van der Waals surface area contributed by atoms with Gasteiger partial charge in [-0.15, -0.1) is 11.8 Å². The molecule has 1 saturated carbocycles. The molecule has 0 amide bonds. The number of nitriles is 1. The van der Waals surface area contributed by atoms with Crippen molar-refractivity contribution in [2.45, 2.75) is 57.5 Å². The zero-order chi connectivity index (χ0) is 15.1. The molecule has 0 aromatic carbocycles. The van der Waals surface area contributed by atoms with Gasteiger partial charge in [-0.1, -0.05) is 32.6 Å². The molecular formula is C15H27N4OS-. The first-order valence-electron chi connectivity index (χ1n) is 8.15. The van der Waals surface area contributed by atoms with E-state index in [9.17, 15) is 5.21 Å². The van der Waals surface area contributed by atoms with Gasteiger partial charge < -0.3 is 10.4 Å². The standard InChI is InChI=1S/C15H27N4OS/c1-2-4-13-5-3-6-14(9-13)19(20)17-7-8-18-12-21-11-15(18)10-16/h13-15,17H,2-9,11-12H2,1H3/q-1. The van der Waals surface area contributed by atoms with Gasteiger partial charge in [0.2, 0.25) is 0 Å². The lowest BCUT2D eigenvalue weighted by Crippen LogP contribution is -2.46. The molecule has 1 saturated heterocycles. The van der Waals surface area contributed by atoms with Crippen LogP contribution >= 0.6 is 11.8 Å². The number of hydroxylamine groups is 1. The van der Waals surface area contributed by atoms with E-state index in [1.807, 2.05) is 0 Å². The Kier molecular flexibility index (Phi) is 7.27. The van der Waals surface area contributed by atoms with Crippen LogP contribution in [0.15, 0.2) is 0 Å². The summed E-state index contributed by atoms with van der Waals surface area (Å²) in [6.07, 6.45) is 6.97. The lowest BCUT2D eigenvalue weighted by atomic mass is 9.83. The van der Waals surface area contributed by atoms with Crippen LogP contribution in [0.2, 0.25) is 0 Å². The lowest BCUT2D eigenvalue weighted by Gasteiger charge is -2.42. The van der Waals surface area contributed by atoms with Gasteiger partial charge in [0.05, 0.1) is 6.07 Å². The zero-order valence-electron chi connectivity index (χ0n) is 13.0. The van der Waals surface area contributed by atoms with Crippen molar-refractivity contribution in [3.05, 3.63) is 5.21 Å². The Morgan fingerprint density at radius 3 is 3.10 bits per heavy atom. The Balaban J connectivity index is 1.67. The molecule has 120 valence electrons. The van der Waals surface area contributed by atoms with Crippen LogP contribution in [0.3, 0.4) is 0 Å². The molecule has 1 heterocycles. The topological polar surface area (TPSA) is 65.4 Å². The number of rotatable bonds is 7. The predicted octanol–water partition coefficient (Wildman–Crippen LogP) is 2.55. The highest BCUT2D eigenvalue weighted by Crippen LogP contribution is 2.29. The fourth-order valence-electron chi connectivity index (χ4n) is 3.40. The number of hydrazine groups is 1. The summed E-state index contributed by atoms with van der Waals surface area (Å²) in [7, 11) is 0. The zero-order valence-corrected chi connectivity index (χ0v) is 13.8. The lowest BCUT2D eigenvalue weighted by molar-refractivity contribution is 0.120. The van der Waals surface area contributed by atoms with Crippen LogP contribution in [0.25, 0.3) is 0 Å². The number of nitrogens with one attached hydrogen (secondary N) is 1. The molecule has 0 bridgehead atoms. The number of hydrogen-bond donors (Lipinski definition) is 1. The molecule has 0 radical (unpaired) electrons. The maximum atomic E-state index is 12.2. The molecule has 0 aromatic rings. The van der Waals surface area contributed by atoms with E-state index in [4.69, 9.17) is 5.26 Å². The number of nitrogens with zero attached hydrogens (tertiary/aromatic N) is 3. The summed E-state index contributed by atoms with van der Waals surface area (Å²) < 4.78 is 0. The van der Waals surface area contributed by atoms with E-state index in [0.717, 1.165) is 42.1 Å². The highest BCUT2D eigenvalue weighted by atomic mass is 32.2. The van der Waals surface area contributed by atoms with Crippen molar-refractivity contribution in [1.29, 1.82) is 5.26 Å². The highest BCUT2D eigenvalue weighted by molar-refractivity contribution is 7.99. The third-order valence-electron chi connectivity index (χ3n) is 4.57. The highest BCUT2D eigenvalue weighted by Gasteiger charge is 2.25. The van der Waals surface area contributed by atoms with Gasteiger partial charge in [0.1, 0.15) is 6.04 Å². The summed E-state index contributed by atoms with van der Waals surface area (Å²) in [5.74, 6) is 2.52. The number of thioether (sulfide) groups is 1. The van der Waals surface area contributed by atoms with E-state index in [1.54, 1.807) is 11.8 Å². The van der Waals surface area contributed by atoms with Gasteiger partial charge in [0, 0.05) is 30.8 Å². The largest absolute Gasteiger partial charge is 0.771 e. The predicted molar refractivity (Wildman–Crippen MR) is 87.3 cm³/mol. The first-order valence-corrected chi connectivity index (χ1v) is 9.31. The molecule has 1 aliphatic heterocycles. The summed E-state index contributed by atoms with van der Waals surface area (Å²) in [6.45, 7) is 3.63. The molecule has 2 aliphatic rings. The molecule has 6 heteroatoms. The normalized spacial score (nSPS) is 30.7. The van der Waals surface area contributed by atoms with E-state index in [-0.39, 0.29) is 12.1 Å². The molecule has 0 spiro atoms. The Bertz CT molecular complexity index is 347. The van der Waals surface area contributed by atoms with Gasteiger partial charge >= 0.3 is 0 Å². The summed E-state index contributed by atoms with van der Waals surface area (Å²) in [5, 5.41) is 22.3. The van der Waals surface area contributed by atoms with Crippen LogP contribution in [-0.4, -0.2) is 46.9 Å². The SMILES string of the molecule is CCCC1CCCC(N([O-])NCCN2CSCC2C#N)C1. The minimum atomic E-state index is 0.0144. The Labute approximate surface area is 132 Å². The Hall–Kier alpha value is -0.320. The molecule has 3 atom stereocenters. The first kappa shape index (κ1) is 17.0. The summed E-state index contributed by atoms with van der Waals surface area (Å²) in [6, 6.07) is 2.47. The molecule has 3 unspecified atom stereocenters. The molecule has 1 N–H and O–H groups in total. The minimum Gasteiger partial charge on any atom is -0.771 e. The second kappa shape index (κ2) is 8.96. The van der Waals surface area contributed by atoms with Crippen LogP contribution in [0.5, 0.6) is 0 Å². The second-order valence-electron chi connectivity index (χ2n) is 6.17. The molecule has 21 heavy (non-hydrogen) atoms. The van der Waals surface area contributed by atoms with E-state index in [0.29, 0.717) is 6.54 Å².